The molecule has 2 N–H and O–H groups in total. The topological polar surface area (TPSA) is 142 Å². The van der Waals surface area contributed by atoms with Gasteiger partial charge in [0.1, 0.15) is 23.1 Å². The van der Waals surface area contributed by atoms with E-state index in [0.717, 1.165) is 70.4 Å². The monoisotopic (exact) mass is 774 g/mol. The number of nitrogens with one attached hydrogen (secondary N) is 2. The molecule has 2 aliphatic heterocycles. The third-order valence-electron chi connectivity index (χ3n) is 10.7. The predicted octanol–water partition coefficient (Wildman–Crippen LogP) is 5.98. The van der Waals surface area contributed by atoms with Gasteiger partial charge in [-0.15, -0.1) is 12.3 Å². The molecule has 306 valence electrons. The van der Waals surface area contributed by atoms with Gasteiger partial charge >= 0.3 is 6.09 Å². The standard InChI is InChI=1S/C42H62N8O6/c1-8-10-13-21-49(41(53)56-42(3,4)5)22-14-26-55-27-25-48-23-19-31(20-24-48)44-38(51)30-17-18-33(36(28-30)54-7)45-40-43-29-35-37(46-40)50(32-15-11-12-16-32)34(9-2)39(52)47(35)6/h1,17-18,28-29,31-32,34H,9-16,19-27H2,2-7H3,(H,44,51)(H,43,45,46)/t34-/m1/s1. The van der Waals surface area contributed by atoms with Gasteiger partial charge in [-0.25, -0.2) is 9.78 Å². The second kappa shape index (κ2) is 20.0. The van der Waals surface area contributed by atoms with Crippen molar-refractivity contribution in [2.24, 2.45) is 0 Å². The molecule has 14 nitrogen and oxygen atoms in total. The van der Waals surface area contributed by atoms with Gasteiger partial charge in [-0.05, 0) is 83.9 Å². The molecule has 0 bridgehead atoms. The lowest BCUT2D eigenvalue weighted by atomic mass is 10.0. The number of amides is 3. The zero-order valence-electron chi connectivity index (χ0n) is 34.3. The minimum Gasteiger partial charge on any atom is -0.495 e. The Hall–Kier alpha value is -4.61. The van der Waals surface area contributed by atoms with Gasteiger partial charge in [0.25, 0.3) is 5.91 Å². The van der Waals surface area contributed by atoms with Crippen LogP contribution >= 0.6 is 0 Å². The van der Waals surface area contributed by atoms with Crippen LogP contribution in [0.3, 0.4) is 0 Å². The Morgan fingerprint density at radius 1 is 1.07 bits per heavy atom. The zero-order valence-corrected chi connectivity index (χ0v) is 34.3. The second-order valence-corrected chi connectivity index (χ2v) is 15.9. The van der Waals surface area contributed by atoms with Crippen LogP contribution in [0.2, 0.25) is 0 Å². The van der Waals surface area contributed by atoms with E-state index in [1.807, 2.05) is 33.8 Å². The molecule has 1 aromatic carbocycles. The molecule has 0 spiro atoms. The van der Waals surface area contributed by atoms with Crippen LogP contribution in [0.5, 0.6) is 5.75 Å². The Morgan fingerprint density at radius 3 is 2.48 bits per heavy atom. The van der Waals surface area contributed by atoms with Gasteiger partial charge < -0.3 is 44.4 Å². The van der Waals surface area contributed by atoms with Crippen LogP contribution < -0.4 is 25.2 Å². The molecular weight excluding hydrogens is 713 g/mol. The summed E-state index contributed by atoms with van der Waals surface area (Å²) in [6, 6.07) is 5.41. The van der Waals surface area contributed by atoms with Crippen LogP contribution in [0.25, 0.3) is 0 Å². The highest BCUT2D eigenvalue weighted by molar-refractivity contribution is 6.04. The third-order valence-corrected chi connectivity index (χ3v) is 10.7. The maximum absolute atomic E-state index is 13.4. The molecule has 1 saturated heterocycles. The number of piperidine rings is 1. The van der Waals surface area contributed by atoms with E-state index in [1.165, 1.54) is 0 Å². The van der Waals surface area contributed by atoms with Gasteiger partial charge in [-0.1, -0.05) is 19.8 Å². The van der Waals surface area contributed by atoms with Crippen molar-refractivity contribution in [1.29, 1.82) is 0 Å². The van der Waals surface area contributed by atoms with Crippen LogP contribution in [-0.2, 0) is 14.3 Å². The molecule has 3 amide bonds. The second-order valence-electron chi connectivity index (χ2n) is 15.9. The SMILES string of the molecule is C#CCCCN(CCCOCCN1CCC(NC(=O)c2ccc(Nc3ncc4c(n3)N(C3CCCC3)[C@H](CC)C(=O)N4C)c(OC)c2)CC1)C(=O)OC(C)(C)C. The molecule has 1 atom stereocenters. The maximum atomic E-state index is 13.4. The van der Waals surface area contributed by atoms with Crippen LogP contribution in [0, 0.1) is 12.3 Å². The molecule has 1 saturated carbocycles. The molecule has 1 aromatic heterocycles. The van der Waals surface area contributed by atoms with Crippen LogP contribution in [-0.4, -0.2) is 121 Å². The minimum absolute atomic E-state index is 0.0699. The Labute approximate surface area is 333 Å². The fourth-order valence-corrected chi connectivity index (χ4v) is 7.72. The Kier molecular flexibility index (Phi) is 15.2. The van der Waals surface area contributed by atoms with E-state index in [-0.39, 0.29) is 36.0 Å². The number of likely N-dealkylation sites (N-methyl/N-ethyl adjacent to an activating group) is 1. The van der Waals surface area contributed by atoms with E-state index in [2.05, 4.69) is 31.3 Å². The molecule has 3 heterocycles. The summed E-state index contributed by atoms with van der Waals surface area (Å²) in [5.74, 6) is 4.22. The van der Waals surface area contributed by atoms with Gasteiger partial charge in [0.05, 0.1) is 25.6 Å². The average molecular weight is 775 g/mol. The summed E-state index contributed by atoms with van der Waals surface area (Å²) in [4.78, 5) is 56.7. The van der Waals surface area contributed by atoms with Crippen molar-refractivity contribution >= 4 is 41.0 Å². The fourth-order valence-electron chi connectivity index (χ4n) is 7.72. The largest absolute Gasteiger partial charge is 0.495 e. The summed E-state index contributed by atoms with van der Waals surface area (Å²) in [5.41, 5.74) is 1.30. The van der Waals surface area contributed by atoms with Crippen LogP contribution in [0.15, 0.2) is 24.4 Å². The highest BCUT2D eigenvalue weighted by Gasteiger charge is 2.41. The van der Waals surface area contributed by atoms with Gasteiger partial charge in [0, 0.05) is 70.4 Å². The first kappa shape index (κ1) is 42.5. The Bertz CT molecular complexity index is 1680. The van der Waals surface area contributed by atoms with Crippen molar-refractivity contribution in [1.82, 2.24) is 25.1 Å². The number of nitrogens with zero attached hydrogens (tertiary/aromatic N) is 6. The lowest BCUT2D eigenvalue weighted by Gasteiger charge is -2.43. The number of fused-ring (bicyclic) bond motifs is 1. The third kappa shape index (κ3) is 11.3. The molecule has 2 fully saturated rings. The maximum Gasteiger partial charge on any atom is 0.410 e. The van der Waals surface area contributed by atoms with Crippen molar-refractivity contribution in [3.63, 3.8) is 0 Å². The number of benzene rings is 1. The fraction of sp³-hybridized carbons (Fsp3) is 0.643. The number of carbonyl (C=O) groups is 3. The van der Waals surface area contributed by atoms with Gasteiger partial charge in [-0.3, -0.25) is 9.59 Å². The summed E-state index contributed by atoms with van der Waals surface area (Å²) in [6.45, 7) is 12.5. The van der Waals surface area contributed by atoms with E-state index in [1.54, 1.807) is 42.3 Å². The molecule has 5 rings (SSSR count). The van der Waals surface area contributed by atoms with Crippen molar-refractivity contribution in [3.8, 4) is 18.1 Å². The van der Waals surface area contributed by atoms with Gasteiger partial charge in [-0.2, -0.15) is 4.98 Å². The van der Waals surface area contributed by atoms with Crippen molar-refractivity contribution in [3.05, 3.63) is 30.0 Å². The molecule has 0 radical (unpaired) electrons. The first-order valence-electron chi connectivity index (χ1n) is 20.3. The van der Waals surface area contributed by atoms with E-state index >= 15 is 0 Å². The molecular formula is C42H62N8O6. The number of unbranched alkanes of at least 4 members (excludes halogenated alkanes) is 1. The summed E-state index contributed by atoms with van der Waals surface area (Å²) >= 11 is 0. The average Bonchev–Trinajstić information content (AvgIpc) is 3.71. The van der Waals surface area contributed by atoms with E-state index in [9.17, 15) is 14.4 Å². The number of carbonyl (C=O) groups excluding carboxylic acids is 3. The highest BCUT2D eigenvalue weighted by Crippen LogP contribution is 2.40. The normalized spacial score (nSPS) is 18.0. The number of ether oxygens (including phenoxy) is 3. The van der Waals surface area contributed by atoms with E-state index in [0.29, 0.717) is 74.2 Å². The van der Waals surface area contributed by atoms with Crippen molar-refractivity contribution < 1.29 is 28.6 Å². The Balaban J connectivity index is 1.07. The number of methoxy groups -OCH3 is 1. The molecule has 1 aliphatic carbocycles. The highest BCUT2D eigenvalue weighted by atomic mass is 16.6. The lowest BCUT2D eigenvalue weighted by Crippen LogP contribution is -2.55. The molecule has 56 heavy (non-hydrogen) atoms. The number of likely N-dealkylation sites (tertiary alicyclic amines) is 1. The molecule has 0 unspecified atom stereocenters. The summed E-state index contributed by atoms with van der Waals surface area (Å²) in [5, 5.41) is 6.50. The quantitative estimate of drug-likeness (QED) is 0.145. The van der Waals surface area contributed by atoms with E-state index in [4.69, 9.17) is 25.6 Å². The Morgan fingerprint density at radius 2 is 1.80 bits per heavy atom. The molecule has 3 aliphatic rings. The summed E-state index contributed by atoms with van der Waals surface area (Å²) < 4.78 is 17.2. The first-order valence-corrected chi connectivity index (χ1v) is 20.3. The van der Waals surface area contributed by atoms with Crippen molar-refractivity contribution in [2.45, 2.75) is 116 Å². The van der Waals surface area contributed by atoms with E-state index < -0.39 is 5.60 Å². The summed E-state index contributed by atoms with van der Waals surface area (Å²) in [7, 11) is 3.36. The smallest absolute Gasteiger partial charge is 0.410 e. The number of hydrogen-bond acceptors (Lipinski definition) is 11. The zero-order chi connectivity index (χ0) is 40.2. The molecule has 14 heteroatoms. The predicted molar refractivity (Wildman–Crippen MR) is 219 cm³/mol. The van der Waals surface area contributed by atoms with Crippen molar-refractivity contribution in [2.75, 3.05) is 75.2 Å². The number of rotatable bonds is 17. The van der Waals surface area contributed by atoms with Gasteiger partial charge in [0.2, 0.25) is 11.9 Å². The summed E-state index contributed by atoms with van der Waals surface area (Å²) in [6.07, 6.45) is 15.6. The number of terminal acetylenes is 1. The first-order chi connectivity index (χ1) is 26.9. The van der Waals surface area contributed by atoms with Gasteiger partial charge in [0.15, 0.2) is 5.82 Å². The van der Waals surface area contributed by atoms with Crippen LogP contribution in [0.4, 0.5) is 27.9 Å². The minimum atomic E-state index is -0.551. The van der Waals surface area contributed by atoms with Crippen LogP contribution in [0.1, 0.15) is 102 Å². The lowest BCUT2D eigenvalue weighted by molar-refractivity contribution is -0.120. The molecule has 2 aromatic rings. The number of hydrogen-bond donors (Lipinski definition) is 2. The number of aromatic nitrogens is 2. The number of anilines is 4.